The smallest absolute Gasteiger partial charge is 0.399 e. The third-order valence-electron chi connectivity index (χ3n) is 4.31. The highest BCUT2D eigenvalue weighted by molar-refractivity contribution is 7.89. The molecule has 1 aromatic carbocycles. The molecular formula is C16H24BCl2NO4S. The van der Waals surface area contributed by atoms with E-state index in [2.05, 4.69) is 4.72 Å². The SMILES string of the molecule is CC(C)(C)NS(=O)(=O)c1ccc(B2OC(C)(C)C(C)(C)O2)c(Cl)c1Cl. The zero-order valence-electron chi connectivity index (χ0n) is 15.5. The molecule has 0 spiro atoms. The Morgan fingerprint density at radius 1 is 1.00 bits per heavy atom. The second-order valence-electron chi connectivity index (χ2n) is 8.22. The summed E-state index contributed by atoms with van der Waals surface area (Å²) in [6.07, 6.45) is 0. The first-order valence-corrected chi connectivity index (χ1v) is 10.2. The van der Waals surface area contributed by atoms with E-state index in [4.69, 9.17) is 32.5 Å². The van der Waals surface area contributed by atoms with Crippen LogP contribution in [0, 0.1) is 0 Å². The molecule has 1 heterocycles. The molecule has 25 heavy (non-hydrogen) atoms. The van der Waals surface area contributed by atoms with Gasteiger partial charge in [-0.15, -0.1) is 0 Å². The topological polar surface area (TPSA) is 64.6 Å². The summed E-state index contributed by atoms with van der Waals surface area (Å²) in [6, 6.07) is 3.00. The van der Waals surface area contributed by atoms with E-state index in [1.54, 1.807) is 26.8 Å². The molecule has 0 aromatic heterocycles. The molecule has 1 N–H and O–H groups in total. The maximum atomic E-state index is 12.5. The van der Waals surface area contributed by atoms with E-state index in [-0.39, 0.29) is 14.9 Å². The van der Waals surface area contributed by atoms with Gasteiger partial charge in [-0.3, -0.25) is 0 Å². The Bertz CT molecular complexity index is 772. The van der Waals surface area contributed by atoms with Gasteiger partial charge in [-0.2, -0.15) is 0 Å². The van der Waals surface area contributed by atoms with Crippen LogP contribution in [0.4, 0.5) is 0 Å². The van der Waals surface area contributed by atoms with Crippen LogP contribution in [0.2, 0.25) is 10.0 Å². The van der Waals surface area contributed by atoms with Crippen molar-refractivity contribution in [2.45, 2.75) is 70.1 Å². The van der Waals surface area contributed by atoms with Crippen molar-refractivity contribution in [1.29, 1.82) is 0 Å². The lowest BCUT2D eigenvalue weighted by atomic mass is 9.79. The number of benzene rings is 1. The summed E-state index contributed by atoms with van der Waals surface area (Å²) in [5.74, 6) is 0. The van der Waals surface area contributed by atoms with Crippen molar-refractivity contribution < 1.29 is 17.7 Å². The van der Waals surface area contributed by atoms with Gasteiger partial charge in [0.25, 0.3) is 0 Å². The summed E-state index contributed by atoms with van der Waals surface area (Å²) in [5, 5.41) is 0.0579. The van der Waals surface area contributed by atoms with E-state index in [1.165, 1.54) is 6.07 Å². The van der Waals surface area contributed by atoms with Crippen LogP contribution < -0.4 is 10.2 Å². The van der Waals surface area contributed by atoms with Crippen LogP contribution in [0.3, 0.4) is 0 Å². The second-order valence-corrected chi connectivity index (χ2v) is 10.6. The Kier molecular flexibility index (Phi) is 5.37. The predicted molar refractivity (Wildman–Crippen MR) is 102 cm³/mol. The predicted octanol–water partition coefficient (Wildman–Crippen LogP) is 3.37. The molecule has 0 saturated carbocycles. The first kappa shape index (κ1) is 21.0. The average molecular weight is 408 g/mol. The Labute approximate surface area is 160 Å². The van der Waals surface area contributed by atoms with Crippen molar-refractivity contribution in [3.63, 3.8) is 0 Å². The molecule has 0 amide bonds. The van der Waals surface area contributed by atoms with E-state index >= 15 is 0 Å². The standard InChI is InChI=1S/C16H24BCl2NO4S/c1-14(2,3)20-25(21,22)11-9-8-10(12(18)13(11)19)17-23-15(4,5)16(6,7)24-17/h8-9,20H,1-7H3. The molecular weight excluding hydrogens is 384 g/mol. The maximum Gasteiger partial charge on any atom is 0.496 e. The van der Waals surface area contributed by atoms with Crippen molar-refractivity contribution in [1.82, 2.24) is 4.72 Å². The maximum absolute atomic E-state index is 12.5. The van der Waals surface area contributed by atoms with Gasteiger partial charge < -0.3 is 9.31 Å². The van der Waals surface area contributed by atoms with Crippen LogP contribution in [-0.4, -0.2) is 32.3 Å². The highest BCUT2D eigenvalue weighted by Gasteiger charge is 2.52. The Morgan fingerprint density at radius 2 is 1.48 bits per heavy atom. The summed E-state index contributed by atoms with van der Waals surface area (Å²) in [6.45, 7) is 12.9. The van der Waals surface area contributed by atoms with Gasteiger partial charge >= 0.3 is 7.12 Å². The lowest BCUT2D eigenvalue weighted by Crippen LogP contribution is -2.41. The highest BCUT2D eigenvalue weighted by atomic mass is 35.5. The van der Waals surface area contributed by atoms with E-state index in [1.807, 2.05) is 27.7 Å². The van der Waals surface area contributed by atoms with Crippen LogP contribution in [0.25, 0.3) is 0 Å². The van der Waals surface area contributed by atoms with Crippen LogP contribution in [-0.2, 0) is 19.3 Å². The van der Waals surface area contributed by atoms with Gasteiger partial charge in [0.05, 0.1) is 21.2 Å². The molecule has 9 heteroatoms. The fraction of sp³-hybridized carbons (Fsp3) is 0.625. The summed E-state index contributed by atoms with van der Waals surface area (Å²) in [7, 11) is -4.53. The largest absolute Gasteiger partial charge is 0.496 e. The van der Waals surface area contributed by atoms with Gasteiger partial charge in [0.2, 0.25) is 10.0 Å². The van der Waals surface area contributed by atoms with Crippen molar-refractivity contribution in [2.24, 2.45) is 0 Å². The van der Waals surface area contributed by atoms with E-state index in [0.717, 1.165) is 0 Å². The fourth-order valence-corrected chi connectivity index (χ4v) is 4.65. The van der Waals surface area contributed by atoms with Gasteiger partial charge in [-0.1, -0.05) is 29.3 Å². The quantitative estimate of drug-likeness (QED) is 0.780. The van der Waals surface area contributed by atoms with Crippen LogP contribution in [0.5, 0.6) is 0 Å². The van der Waals surface area contributed by atoms with Crippen LogP contribution >= 0.6 is 23.2 Å². The van der Waals surface area contributed by atoms with Gasteiger partial charge in [0, 0.05) is 11.0 Å². The monoisotopic (exact) mass is 407 g/mol. The Hall–Kier alpha value is -0.305. The zero-order valence-corrected chi connectivity index (χ0v) is 17.9. The van der Waals surface area contributed by atoms with Crippen molar-refractivity contribution in [2.75, 3.05) is 0 Å². The first-order chi connectivity index (χ1) is 11.1. The van der Waals surface area contributed by atoms with Crippen LogP contribution in [0.15, 0.2) is 17.0 Å². The number of sulfonamides is 1. The lowest BCUT2D eigenvalue weighted by molar-refractivity contribution is 0.00578. The minimum atomic E-state index is -3.81. The molecule has 1 aliphatic heterocycles. The summed E-state index contributed by atoms with van der Waals surface area (Å²) in [5.41, 5.74) is -1.21. The molecule has 0 unspecified atom stereocenters. The minimum Gasteiger partial charge on any atom is -0.399 e. The molecule has 0 radical (unpaired) electrons. The lowest BCUT2D eigenvalue weighted by Gasteiger charge is -2.32. The Balaban J connectivity index is 2.43. The van der Waals surface area contributed by atoms with Gasteiger partial charge in [-0.25, -0.2) is 13.1 Å². The second kappa shape index (κ2) is 6.39. The van der Waals surface area contributed by atoms with E-state index in [0.29, 0.717) is 5.46 Å². The van der Waals surface area contributed by atoms with Gasteiger partial charge in [0.1, 0.15) is 4.90 Å². The molecule has 2 rings (SSSR count). The molecule has 1 aliphatic rings. The zero-order chi connectivity index (χ0) is 19.4. The number of hydrogen-bond acceptors (Lipinski definition) is 4. The fourth-order valence-electron chi connectivity index (χ4n) is 2.36. The molecule has 1 aromatic rings. The number of rotatable bonds is 3. The van der Waals surface area contributed by atoms with E-state index in [9.17, 15) is 8.42 Å². The summed E-state index contributed by atoms with van der Waals surface area (Å²) in [4.78, 5) is -0.0747. The molecule has 140 valence electrons. The molecule has 0 atom stereocenters. The number of halogens is 2. The molecule has 5 nitrogen and oxygen atoms in total. The summed E-state index contributed by atoms with van der Waals surface area (Å²) < 4.78 is 39.6. The normalized spacial score (nSPS) is 20.1. The summed E-state index contributed by atoms with van der Waals surface area (Å²) >= 11 is 12.6. The van der Waals surface area contributed by atoms with Crippen molar-refractivity contribution >= 4 is 45.8 Å². The van der Waals surface area contributed by atoms with Crippen molar-refractivity contribution in [3.8, 4) is 0 Å². The molecule has 0 bridgehead atoms. The van der Waals surface area contributed by atoms with E-state index < -0.39 is 33.9 Å². The first-order valence-electron chi connectivity index (χ1n) is 7.95. The van der Waals surface area contributed by atoms with Crippen LogP contribution in [0.1, 0.15) is 48.5 Å². The van der Waals surface area contributed by atoms with Gasteiger partial charge in [-0.05, 0) is 54.5 Å². The molecule has 1 saturated heterocycles. The third-order valence-corrected chi connectivity index (χ3v) is 7.12. The third kappa shape index (κ3) is 4.17. The molecule has 1 fully saturated rings. The highest BCUT2D eigenvalue weighted by Crippen LogP contribution is 2.38. The number of nitrogens with one attached hydrogen (secondary N) is 1. The number of hydrogen-bond donors (Lipinski definition) is 1. The Morgan fingerprint density at radius 3 is 1.92 bits per heavy atom. The average Bonchev–Trinajstić information content (AvgIpc) is 2.58. The van der Waals surface area contributed by atoms with Gasteiger partial charge in [0.15, 0.2) is 0 Å². The minimum absolute atomic E-state index is 0.0503. The van der Waals surface area contributed by atoms with Crippen molar-refractivity contribution in [3.05, 3.63) is 22.2 Å². The molecule has 0 aliphatic carbocycles.